The van der Waals surface area contributed by atoms with Gasteiger partial charge in [-0.3, -0.25) is 19.7 Å². The Morgan fingerprint density at radius 1 is 1.24 bits per heavy atom. The fourth-order valence-corrected chi connectivity index (χ4v) is 3.75. The molecule has 8 nitrogen and oxygen atoms in total. The lowest BCUT2D eigenvalue weighted by atomic mass is 10.1. The molecule has 4 heterocycles. The van der Waals surface area contributed by atoms with Crippen LogP contribution in [0.3, 0.4) is 0 Å². The highest BCUT2D eigenvalue weighted by Gasteiger charge is 2.47. The van der Waals surface area contributed by atoms with Crippen LogP contribution in [0.4, 0.5) is 14.7 Å². The van der Waals surface area contributed by atoms with Gasteiger partial charge in [0, 0.05) is 56.9 Å². The molecule has 152 valence electrons. The van der Waals surface area contributed by atoms with Gasteiger partial charge in [0.1, 0.15) is 0 Å². The number of hydrogen-bond acceptors (Lipinski definition) is 7. The van der Waals surface area contributed by atoms with Gasteiger partial charge in [-0.15, -0.1) is 6.58 Å². The highest BCUT2D eigenvalue weighted by atomic mass is 19.3. The van der Waals surface area contributed by atoms with Gasteiger partial charge in [0.05, 0.1) is 30.0 Å². The van der Waals surface area contributed by atoms with E-state index >= 15 is 0 Å². The number of piperazine rings is 1. The van der Waals surface area contributed by atoms with Crippen molar-refractivity contribution in [2.24, 2.45) is 0 Å². The third kappa shape index (κ3) is 4.21. The molecule has 10 heteroatoms. The molecule has 0 radical (unpaired) electrons. The van der Waals surface area contributed by atoms with Crippen LogP contribution >= 0.6 is 0 Å². The summed E-state index contributed by atoms with van der Waals surface area (Å²) in [5.41, 5.74) is 0.987. The van der Waals surface area contributed by atoms with Crippen molar-refractivity contribution in [1.82, 2.24) is 29.7 Å². The van der Waals surface area contributed by atoms with E-state index in [4.69, 9.17) is 0 Å². The number of nitrogens with zero attached hydrogens (tertiary/aromatic N) is 6. The number of carbonyl (C=O) groups is 1. The average molecular weight is 401 g/mol. The molecule has 0 aliphatic carbocycles. The van der Waals surface area contributed by atoms with E-state index in [9.17, 15) is 13.6 Å². The highest BCUT2D eigenvalue weighted by molar-refractivity contribution is 5.93. The molecular formula is C19H21F2N7O. The van der Waals surface area contributed by atoms with Gasteiger partial charge >= 0.3 is 0 Å². The zero-order chi connectivity index (χ0) is 20.4. The van der Waals surface area contributed by atoms with Crippen LogP contribution in [0.2, 0.25) is 0 Å². The number of rotatable bonds is 5. The van der Waals surface area contributed by atoms with Crippen molar-refractivity contribution in [1.29, 1.82) is 0 Å². The first-order chi connectivity index (χ1) is 13.9. The van der Waals surface area contributed by atoms with E-state index in [1.807, 2.05) is 0 Å². The van der Waals surface area contributed by atoms with Crippen LogP contribution in [0.1, 0.15) is 28.5 Å². The summed E-state index contributed by atoms with van der Waals surface area (Å²) in [4.78, 5) is 32.7. The third-order valence-electron chi connectivity index (χ3n) is 5.18. The van der Waals surface area contributed by atoms with Crippen LogP contribution in [0.25, 0.3) is 0 Å². The second-order valence-electron chi connectivity index (χ2n) is 7.22. The van der Waals surface area contributed by atoms with Gasteiger partial charge in [-0.2, -0.15) is 0 Å². The maximum Gasteiger partial charge on any atom is 0.262 e. The van der Waals surface area contributed by atoms with Crippen molar-refractivity contribution in [3.63, 3.8) is 0 Å². The molecule has 0 bridgehead atoms. The molecule has 29 heavy (non-hydrogen) atoms. The van der Waals surface area contributed by atoms with Gasteiger partial charge in [0.15, 0.2) is 0 Å². The first-order valence-electron chi connectivity index (χ1n) is 9.33. The van der Waals surface area contributed by atoms with Crippen LogP contribution in [-0.4, -0.2) is 73.8 Å². The molecule has 2 atom stereocenters. The Kier molecular flexibility index (Phi) is 5.18. The molecule has 2 aliphatic rings. The molecule has 4 rings (SSSR count). The van der Waals surface area contributed by atoms with Gasteiger partial charge in [-0.1, -0.05) is 6.08 Å². The zero-order valence-electron chi connectivity index (χ0n) is 15.7. The summed E-state index contributed by atoms with van der Waals surface area (Å²) in [5, 5.41) is 3.07. The van der Waals surface area contributed by atoms with E-state index in [2.05, 4.69) is 31.8 Å². The van der Waals surface area contributed by atoms with Gasteiger partial charge < -0.3 is 10.2 Å². The van der Waals surface area contributed by atoms with Crippen molar-refractivity contribution < 1.29 is 13.6 Å². The zero-order valence-corrected chi connectivity index (χ0v) is 15.7. The minimum absolute atomic E-state index is 0.207. The molecule has 2 saturated heterocycles. The van der Waals surface area contributed by atoms with Gasteiger partial charge in [0.25, 0.3) is 11.8 Å². The fraction of sp³-hybridized carbons (Fsp3) is 0.421. The van der Waals surface area contributed by atoms with Crippen LogP contribution in [0.15, 0.2) is 43.6 Å². The molecular weight excluding hydrogens is 380 g/mol. The number of alkyl halides is 2. The Balaban J connectivity index is 1.40. The van der Waals surface area contributed by atoms with Gasteiger partial charge in [-0.05, 0) is 0 Å². The Bertz CT molecular complexity index is 878. The maximum absolute atomic E-state index is 13.6. The quantitative estimate of drug-likeness (QED) is 0.764. The number of amides is 1. The first-order valence-corrected chi connectivity index (χ1v) is 9.33. The topological polar surface area (TPSA) is 87.1 Å². The normalized spacial score (nSPS) is 22.0. The van der Waals surface area contributed by atoms with Gasteiger partial charge in [0.2, 0.25) is 5.95 Å². The molecule has 2 aliphatic heterocycles. The molecule has 1 amide bonds. The Morgan fingerprint density at radius 3 is 2.72 bits per heavy atom. The van der Waals surface area contributed by atoms with Crippen molar-refractivity contribution >= 4 is 11.9 Å². The van der Waals surface area contributed by atoms with Crippen LogP contribution < -0.4 is 5.32 Å². The minimum Gasteiger partial charge on any atom is -0.342 e. The van der Waals surface area contributed by atoms with Crippen molar-refractivity contribution in [3.05, 3.63) is 54.9 Å². The number of halogens is 2. The second-order valence-corrected chi connectivity index (χ2v) is 7.22. The summed E-state index contributed by atoms with van der Waals surface area (Å²) in [6.45, 7) is 4.70. The standard InChI is InChI=1S/C19H21F2N7O/c1-2-15(16-10-22-3-4-23-16)26-18-24-8-13(9-25-18)17(29)27-5-6-28-12-19(20,21)7-14(28)11-27/h2-4,8-10,14-15H,1,5-7,11-12H2,(H,24,25,26)/t14-,15-/m0/s1. The number of carbonyl (C=O) groups excluding carboxylic acids is 1. The second kappa shape index (κ2) is 7.78. The monoisotopic (exact) mass is 401 g/mol. The van der Waals surface area contributed by atoms with E-state index in [-0.39, 0.29) is 31.0 Å². The third-order valence-corrected chi connectivity index (χ3v) is 5.18. The van der Waals surface area contributed by atoms with Crippen LogP contribution in [0, 0.1) is 0 Å². The Labute approximate surface area is 166 Å². The number of anilines is 1. The van der Waals surface area contributed by atoms with Crippen molar-refractivity contribution in [3.8, 4) is 0 Å². The minimum atomic E-state index is -2.68. The van der Waals surface area contributed by atoms with E-state index in [1.54, 1.807) is 34.5 Å². The summed E-state index contributed by atoms with van der Waals surface area (Å²) in [6.07, 6.45) is 9.09. The molecule has 0 saturated carbocycles. The molecule has 0 aromatic carbocycles. The lowest BCUT2D eigenvalue weighted by Crippen LogP contribution is -2.52. The Morgan fingerprint density at radius 2 is 2.03 bits per heavy atom. The van der Waals surface area contributed by atoms with E-state index in [1.165, 1.54) is 12.4 Å². The predicted octanol–water partition coefficient (Wildman–Crippen LogP) is 1.77. The molecule has 2 aromatic heterocycles. The average Bonchev–Trinajstić information content (AvgIpc) is 3.05. The number of hydrogen-bond donors (Lipinski definition) is 1. The fourth-order valence-electron chi connectivity index (χ4n) is 3.75. The largest absolute Gasteiger partial charge is 0.342 e. The predicted molar refractivity (Wildman–Crippen MR) is 101 cm³/mol. The molecule has 2 fully saturated rings. The molecule has 2 aromatic rings. The first kappa shape index (κ1) is 19.3. The number of fused-ring (bicyclic) bond motifs is 1. The lowest BCUT2D eigenvalue weighted by Gasteiger charge is -2.36. The van der Waals surface area contributed by atoms with Crippen molar-refractivity contribution in [2.75, 3.05) is 31.5 Å². The molecule has 1 N–H and O–H groups in total. The molecule has 0 spiro atoms. The number of aromatic nitrogens is 4. The van der Waals surface area contributed by atoms with Gasteiger partial charge in [-0.25, -0.2) is 18.7 Å². The highest BCUT2D eigenvalue weighted by Crippen LogP contribution is 2.34. The summed E-state index contributed by atoms with van der Waals surface area (Å²) >= 11 is 0. The van der Waals surface area contributed by atoms with E-state index < -0.39 is 5.92 Å². The number of nitrogens with one attached hydrogen (secondary N) is 1. The summed E-state index contributed by atoms with van der Waals surface area (Å²) in [5.74, 6) is -2.61. The summed E-state index contributed by atoms with van der Waals surface area (Å²) < 4.78 is 27.2. The molecule has 0 unspecified atom stereocenters. The summed E-state index contributed by atoms with van der Waals surface area (Å²) in [7, 11) is 0. The Hall–Kier alpha value is -3.01. The maximum atomic E-state index is 13.6. The lowest BCUT2D eigenvalue weighted by molar-refractivity contribution is 0.0121. The van der Waals surface area contributed by atoms with Crippen LogP contribution in [-0.2, 0) is 0 Å². The summed E-state index contributed by atoms with van der Waals surface area (Å²) in [6, 6.07) is -0.632. The van der Waals surface area contributed by atoms with E-state index in [0.29, 0.717) is 36.8 Å². The van der Waals surface area contributed by atoms with E-state index in [0.717, 1.165) is 0 Å². The van der Waals surface area contributed by atoms with Crippen molar-refractivity contribution in [2.45, 2.75) is 24.4 Å². The van der Waals surface area contributed by atoms with Crippen LogP contribution in [0.5, 0.6) is 0 Å². The SMILES string of the molecule is C=C[C@H](Nc1ncc(C(=O)N2CCN3CC(F)(F)C[C@H]3C2)cn1)c1cnccn1. The smallest absolute Gasteiger partial charge is 0.262 e.